The van der Waals surface area contributed by atoms with E-state index in [0.29, 0.717) is 13.2 Å². The number of aromatic hydroxyl groups is 1. The molecule has 5 nitrogen and oxygen atoms in total. The number of ether oxygens (including phenoxy) is 1. The lowest BCUT2D eigenvalue weighted by Crippen LogP contribution is -2.18. The molecule has 152 valence electrons. The first kappa shape index (κ1) is 22.7. The summed E-state index contributed by atoms with van der Waals surface area (Å²) in [5, 5.41) is 9.66. The van der Waals surface area contributed by atoms with E-state index in [1.54, 1.807) is 0 Å². The highest BCUT2D eigenvalue weighted by Crippen LogP contribution is 2.22. The van der Waals surface area contributed by atoms with E-state index in [1.807, 2.05) is 6.92 Å². The minimum Gasteiger partial charge on any atom is -0.491 e. The number of H-pyrrole nitrogens is 1. The predicted octanol–water partition coefficient (Wildman–Crippen LogP) is 5.76. The molecule has 1 rings (SSSR count). The Labute approximate surface area is 159 Å². The van der Waals surface area contributed by atoms with Crippen LogP contribution >= 0.6 is 0 Å². The predicted molar refractivity (Wildman–Crippen MR) is 108 cm³/mol. The zero-order chi connectivity index (χ0) is 19.0. The van der Waals surface area contributed by atoms with Gasteiger partial charge in [-0.3, -0.25) is 9.55 Å². The molecule has 2 N–H and O–H groups in total. The molecule has 0 fully saturated rings. The number of nitrogens with one attached hydrogen (secondary N) is 1. The Bertz CT molecular complexity index is 508. The van der Waals surface area contributed by atoms with Crippen LogP contribution in [-0.4, -0.2) is 21.3 Å². The lowest BCUT2D eigenvalue weighted by molar-refractivity contribution is 0.286. The van der Waals surface area contributed by atoms with Crippen LogP contribution in [-0.2, 0) is 6.54 Å². The van der Waals surface area contributed by atoms with Crippen molar-refractivity contribution < 1.29 is 9.84 Å². The van der Waals surface area contributed by atoms with Crippen molar-refractivity contribution in [3.8, 4) is 11.8 Å². The lowest BCUT2D eigenvalue weighted by Gasteiger charge is -2.07. The van der Waals surface area contributed by atoms with E-state index in [1.165, 1.54) is 81.6 Å². The van der Waals surface area contributed by atoms with Gasteiger partial charge in [-0.2, -0.15) is 0 Å². The molecule has 0 radical (unpaired) electrons. The van der Waals surface area contributed by atoms with E-state index < -0.39 is 0 Å². The van der Waals surface area contributed by atoms with Crippen LogP contribution in [0.1, 0.15) is 104 Å². The van der Waals surface area contributed by atoms with Crippen molar-refractivity contribution in [2.24, 2.45) is 0 Å². The third-order valence-electron chi connectivity index (χ3n) is 4.93. The van der Waals surface area contributed by atoms with Gasteiger partial charge in [-0.25, -0.2) is 4.79 Å². The maximum absolute atomic E-state index is 11.8. The van der Waals surface area contributed by atoms with Crippen molar-refractivity contribution in [1.82, 2.24) is 9.55 Å². The van der Waals surface area contributed by atoms with E-state index in [4.69, 9.17) is 4.74 Å². The molecule has 0 aliphatic heterocycles. The number of rotatable bonds is 17. The molecular formula is C21H40N2O3. The van der Waals surface area contributed by atoms with Crippen LogP contribution in [0.15, 0.2) is 4.79 Å². The number of hydrogen-bond acceptors (Lipinski definition) is 3. The van der Waals surface area contributed by atoms with Crippen LogP contribution in [0.25, 0.3) is 0 Å². The highest BCUT2D eigenvalue weighted by Gasteiger charge is 2.13. The highest BCUT2D eigenvalue weighted by atomic mass is 16.5. The Balaban J connectivity index is 1.96. The third kappa shape index (κ3) is 9.35. The SMILES string of the molecule is CCCCCCCCCCCCCCCCn1c(OCC)c(O)[nH]c1=O. The molecule has 0 unspecified atom stereocenters. The summed E-state index contributed by atoms with van der Waals surface area (Å²) in [5.41, 5.74) is -0.291. The molecular weight excluding hydrogens is 328 g/mol. The van der Waals surface area contributed by atoms with E-state index in [-0.39, 0.29) is 17.4 Å². The summed E-state index contributed by atoms with van der Waals surface area (Å²) in [7, 11) is 0. The second-order valence-corrected chi connectivity index (χ2v) is 7.26. The molecule has 0 amide bonds. The molecule has 1 heterocycles. The van der Waals surface area contributed by atoms with Gasteiger partial charge in [0.15, 0.2) is 0 Å². The second kappa shape index (κ2) is 14.7. The topological polar surface area (TPSA) is 67.2 Å². The summed E-state index contributed by atoms with van der Waals surface area (Å²) in [6.07, 6.45) is 18.4. The fraction of sp³-hybridized carbons (Fsp3) is 0.857. The van der Waals surface area contributed by atoms with Crippen molar-refractivity contribution in [3.05, 3.63) is 10.5 Å². The summed E-state index contributed by atoms with van der Waals surface area (Å²) in [6.45, 7) is 5.14. The van der Waals surface area contributed by atoms with E-state index in [9.17, 15) is 9.90 Å². The van der Waals surface area contributed by atoms with Crippen molar-refractivity contribution >= 4 is 0 Å². The molecule has 0 bridgehead atoms. The number of unbranched alkanes of at least 4 members (excludes halogenated alkanes) is 13. The summed E-state index contributed by atoms with van der Waals surface area (Å²) in [4.78, 5) is 14.2. The third-order valence-corrected chi connectivity index (χ3v) is 4.93. The first-order valence-corrected chi connectivity index (χ1v) is 10.8. The maximum atomic E-state index is 11.8. The van der Waals surface area contributed by atoms with Gasteiger partial charge in [0, 0.05) is 6.54 Å². The zero-order valence-corrected chi connectivity index (χ0v) is 17.0. The van der Waals surface area contributed by atoms with Gasteiger partial charge in [0.05, 0.1) is 6.61 Å². The Morgan fingerprint density at radius 3 is 1.73 bits per heavy atom. The van der Waals surface area contributed by atoms with Gasteiger partial charge in [0.2, 0.25) is 0 Å². The minimum atomic E-state index is -0.291. The smallest absolute Gasteiger partial charge is 0.331 e. The van der Waals surface area contributed by atoms with Crippen LogP contribution in [0.2, 0.25) is 0 Å². The summed E-state index contributed by atoms with van der Waals surface area (Å²) in [6, 6.07) is 0. The molecule has 0 saturated carbocycles. The summed E-state index contributed by atoms with van der Waals surface area (Å²) >= 11 is 0. The average molecular weight is 369 g/mol. The fourth-order valence-electron chi connectivity index (χ4n) is 3.39. The molecule has 0 saturated heterocycles. The normalized spacial score (nSPS) is 11.2. The van der Waals surface area contributed by atoms with Crippen LogP contribution < -0.4 is 10.4 Å². The monoisotopic (exact) mass is 368 g/mol. The molecule has 0 aliphatic rings. The quantitative estimate of drug-likeness (QED) is 0.343. The number of hydrogen-bond donors (Lipinski definition) is 2. The van der Waals surface area contributed by atoms with Crippen molar-refractivity contribution in [2.45, 2.75) is 110 Å². The number of imidazole rings is 1. The molecule has 0 aromatic carbocycles. The molecule has 0 aliphatic carbocycles. The van der Waals surface area contributed by atoms with Gasteiger partial charge in [0.25, 0.3) is 11.8 Å². The van der Waals surface area contributed by atoms with E-state index in [0.717, 1.165) is 12.8 Å². The Morgan fingerprint density at radius 1 is 0.808 bits per heavy atom. The zero-order valence-electron chi connectivity index (χ0n) is 17.0. The first-order chi connectivity index (χ1) is 12.7. The number of aromatic amines is 1. The van der Waals surface area contributed by atoms with Crippen LogP contribution in [0, 0.1) is 0 Å². The Kier molecular flexibility index (Phi) is 12.8. The fourth-order valence-corrected chi connectivity index (χ4v) is 3.39. The van der Waals surface area contributed by atoms with Gasteiger partial charge >= 0.3 is 5.69 Å². The Morgan fingerprint density at radius 2 is 1.27 bits per heavy atom. The van der Waals surface area contributed by atoms with Crippen molar-refractivity contribution in [1.29, 1.82) is 0 Å². The van der Waals surface area contributed by atoms with Gasteiger partial charge in [-0.05, 0) is 13.3 Å². The molecule has 26 heavy (non-hydrogen) atoms. The lowest BCUT2D eigenvalue weighted by atomic mass is 10.0. The van der Waals surface area contributed by atoms with E-state index in [2.05, 4.69) is 11.9 Å². The number of nitrogens with zero attached hydrogens (tertiary/aromatic N) is 1. The largest absolute Gasteiger partial charge is 0.491 e. The first-order valence-electron chi connectivity index (χ1n) is 10.8. The average Bonchev–Trinajstić information content (AvgIpc) is 2.89. The molecule has 0 atom stereocenters. The standard InChI is InChI=1S/C21H40N2O3/c1-3-5-6-7-8-9-10-11-12-13-14-15-16-17-18-23-20(26-4-2)19(24)22-21(23)25/h24H,3-18H2,1-2H3,(H,22,25). The minimum absolute atomic E-state index is 0.165. The van der Waals surface area contributed by atoms with Crippen molar-refractivity contribution in [2.75, 3.05) is 6.61 Å². The summed E-state index contributed by atoms with van der Waals surface area (Å²) in [5.74, 6) is 0.106. The molecule has 1 aromatic heterocycles. The second-order valence-electron chi connectivity index (χ2n) is 7.26. The molecule has 1 aromatic rings. The highest BCUT2D eigenvalue weighted by molar-refractivity contribution is 5.25. The van der Waals surface area contributed by atoms with Gasteiger partial charge in [-0.1, -0.05) is 90.4 Å². The molecule has 0 spiro atoms. The maximum Gasteiger partial charge on any atom is 0.331 e. The number of aromatic nitrogens is 2. The van der Waals surface area contributed by atoms with E-state index >= 15 is 0 Å². The van der Waals surface area contributed by atoms with Crippen LogP contribution in [0.5, 0.6) is 11.8 Å². The van der Waals surface area contributed by atoms with Gasteiger partial charge in [0.1, 0.15) is 0 Å². The van der Waals surface area contributed by atoms with Crippen molar-refractivity contribution in [3.63, 3.8) is 0 Å². The summed E-state index contributed by atoms with van der Waals surface area (Å²) < 4.78 is 6.84. The molecule has 5 heteroatoms. The van der Waals surface area contributed by atoms with Gasteiger partial charge in [-0.15, -0.1) is 0 Å². The van der Waals surface area contributed by atoms with Crippen LogP contribution in [0.4, 0.5) is 0 Å². The Hall–Kier alpha value is -1.39. The van der Waals surface area contributed by atoms with Gasteiger partial charge < -0.3 is 9.84 Å². The van der Waals surface area contributed by atoms with Crippen LogP contribution in [0.3, 0.4) is 0 Å².